The molecule has 0 saturated heterocycles. The Labute approximate surface area is 287 Å². The van der Waals surface area contributed by atoms with Crippen molar-refractivity contribution in [2.75, 3.05) is 0 Å². The van der Waals surface area contributed by atoms with Gasteiger partial charge in [-0.2, -0.15) is 22.0 Å². The number of hydrogen-bond donors (Lipinski definition) is 2. The Morgan fingerprint density at radius 3 is 1.62 bits per heavy atom. The standard InChI is InChI=1S/C36H37F5O7S2/c1-23(2)31(42)48-34-20-24-18-25(21-34)30(26(19-24)22-34)32(43)47-33(35(37,38)39)36(40,41)50(44,45,46)49(27-12-6-3-7-13-27,28-14-8-4-9-15-28)29-16-10-5-11-17-29/h3-17,24-26,30,33H,1,18-22H2,2H3,(H2,44,45,46). The first kappa shape index (κ1) is 36.2. The van der Waals surface area contributed by atoms with Gasteiger partial charge in [0.25, 0.3) is 6.10 Å². The number of esters is 2. The van der Waals surface area contributed by atoms with E-state index in [1.54, 1.807) is 0 Å². The number of benzene rings is 3. The summed E-state index contributed by atoms with van der Waals surface area (Å²) in [5, 5.41) is -6.01. The van der Waals surface area contributed by atoms with Crippen LogP contribution in [0.25, 0.3) is 0 Å². The fourth-order valence-electron chi connectivity index (χ4n) is 8.38. The maximum atomic E-state index is 17.1. The van der Waals surface area contributed by atoms with Crippen molar-refractivity contribution in [3.63, 3.8) is 0 Å². The van der Waals surface area contributed by atoms with Gasteiger partial charge < -0.3 is 9.47 Å². The van der Waals surface area contributed by atoms with Crippen molar-refractivity contribution >= 4 is 29.7 Å². The quantitative estimate of drug-likeness (QED) is 0.0924. The Morgan fingerprint density at radius 2 is 1.24 bits per heavy atom. The predicted octanol–water partition coefficient (Wildman–Crippen LogP) is 9.03. The van der Waals surface area contributed by atoms with Gasteiger partial charge in [-0.3, -0.25) is 13.9 Å². The van der Waals surface area contributed by atoms with Crippen LogP contribution in [0, 0.1) is 23.7 Å². The highest BCUT2D eigenvalue weighted by Gasteiger charge is 2.78. The summed E-state index contributed by atoms with van der Waals surface area (Å²) in [5.41, 5.74) is -0.825. The van der Waals surface area contributed by atoms with E-state index >= 15 is 8.78 Å². The molecule has 4 aliphatic carbocycles. The monoisotopic (exact) mass is 740 g/mol. The zero-order valence-corrected chi connectivity index (χ0v) is 28.6. The molecule has 50 heavy (non-hydrogen) atoms. The van der Waals surface area contributed by atoms with Gasteiger partial charge in [-0.1, -0.05) is 70.2 Å². The second-order valence-electron chi connectivity index (χ2n) is 13.6. The molecule has 3 aromatic rings. The first-order valence-electron chi connectivity index (χ1n) is 16.0. The molecule has 0 radical (unpaired) electrons. The molecule has 270 valence electrons. The topological polar surface area (TPSA) is 110 Å². The van der Waals surface area contributed by atoms with Crippen LogP contribution in [0.1, 0.15) is 39.0 Å². The van der Waals surface area contributed by atoms with Crippen molar-refractivity contribution in [2.24, 2.45) is 23.7 Å². The van der Waals surface area contributed by atoms with E-state index in [4.69, 9.17) is 9.47 Å². The van der Waals surface area contributed by atoms with Gasteiger partial charge in [0.05, 0.1) is 5.92 Å². The van der Waals surface area contributed by atoms with E-state index in [0.29, 0.717) is 19.3 Å². The van der Waals surface area contributed by atoms with E-state index in [9.17, 15) is 36.1 Å². The number of carbonyl (C=O) groups is 2. The Morgan fingerprint density at radius 1 is 0.820 bits per heavy atom. The molecule has 7 nitrogen and oxygen atoms in total. The zero-order valence-electron chi connectivity index (χ0n) is 26.9. The maximum absolute atomic E-state index is 17.1. The summed E-state index contributed by atoms with van der Waals surface area (Å²) in [4.78, 5) is 25.2. The number of halogens is 5. The van der Waals surface area contributed by atoms with Gasteiger partial charge in [0.1, 0.15) is 5.60 Å². The SMILES string of the molecule is C=C(C)C(=O)OC12CC3CC(C1)C(C(=O)OC(C(F)(F)F)C(F)(F)S(=O)(O)(O)S(c1ccccc1)(c1ccccc1)c1ccccc1)C(C3)C2. The first-order chi connectivity index (χ1) is 23.3. The number of alkyl halides is 5. The molecule has 0 heterocycles. The molecule has 7 rings (SSSR count). The van der Waals surface area contributed by atoms with Crippen molar-refractivity contribution in [2.45, 2.75) is 76.9 Å². The van der Waals surface area contributed by atoms with Crippen LogP contribution in [-0.4, -0.2) is 48.4 Å². The zero-order chi connectivity index (χ0) is 36.4. The lowest BCUT2D eigenvalue weighted by molar-refractivity contribution is -0.266. The van der Waals surface area contributed by atoms with Gasteiger partial charge in [-0.05, 0) is 93.2 Å². The Bertz CT molecular complexity index is 1730. The summed E-state index contributed by atoms with van der Waals surface area (Å²) in [6.07, 6.45) is -9.16. The van der Waals surface area contributed by atoms with Crippen molar-refractivity contribution in [3.05, 3.63) is 103 Å². The first-order valence-corrected chi connectivity index (χ1v) is 20.0. The molecule has 3 aromatic carbocycles. The highest BCUT2D eigenvalue weighted by atomic mass is 33.2. The summed E-state index contributed by atoms with van der Waals surface area (Å²) < 4.78 is 128. The minimum absolute atomic E-state index is 0.0145. The lowest BCUT2D eigenvalue weighted by Crippen LogP contribution is -2.64. The van der Waals surface area contributed by atoms with Gasteiger partial charge in [-0.25, -0.2) is 9.00 Å². The Hall–Kier alpha value is -3.59. The summed E-state index contributed by atoms with van der Waals surface area (Å²) in [6.45, 7) is 5.06. The predicted molar refractivity (Wildman–Crippen MR) is 177 cm³/mol. The third-order valence-corrected chi connectivity index (χ3v) is 20.1. The van der Waals surface area contributed by atoms with E-state index in [2.05, 4.69) is 6.58 Å². The maximum Gasteiger partial charge on any atom is 0.432 e. The van der Waals surface area contributed by atoms with Crippen LogP contribution in [0.15, 0.2) is 118 Å². The fraction of sp³-hybridized carbons (Fsp3) is 0.389. The lowest BCUT2D eigenvalue weighted by Gasteiger charge is -2.58. The highest BCUT2D eigenvalue weighted by molar-refractivity contribution is 8.97. The van der Waals surface area contributed by atoms with Crippen LogP contribution in [0.2, 0.25) is 0 Å². The second-order valence-corrected chi connectivity index (χ2v) is 21.5. The molecule has 3 atom stereocenters. The van der Waals surface area contributed by atoms with Crippen molar-refractivity contribution < 1.29 is 54.3 Å². The van der Waals surface area contributed by atoms with Crippen molar-refractivity contribution in [3.8, 4) is 0 Å². The molecule has 0 spiro atoms. The molecule has 14 heteroatoms. The normalized spacial score (nSPS) is 26.7. The number of rotatable bonds is 10. The Balaban J connectivity index is 1.45. The van der Waals surface area contributed by atoms with Crippen LogP contribution in [-0.2, 0) is 27.7 Å². The van der Waals surface area contributed by atoms with E-state index < -0.39 is 70.5 Å². The summed E-state index contributed by atoms with van der Waals surface area (Å²) in [6, 6.07) is 19.6. The Kier molecular flexibility index (Phi) is 8.89. The molecular weight excluding hydrogens is 704 g/mol. The number of hydrogen-bond acceptors (Lipinski definition) is 5. The summed E-state index contributed by atoms with van der Waals surface area (Å²) >= 11 is 0. The van der Waals surface area contributed by atoms with Crippen LogP contribution in [0.5, 0.6) is 0 Å². The smallest absolute Gasteiger partial charge is 0.432 e. The molecule has 4 saturated carbocycles. The second kappa shape index (κ2) is 12.3. The number of carbonyl (C=O) groups excluding carboxylic acids is 2. The molecule has 3 unspecified atom stereocenters. The third-order valence-electron chi connectivity index (χ3n) is 10.1. The van der Waals surface area contributed by atoms with Crippen molar-refractivity contribution in [1.29, 1.82) is 0 Å². The molecular formula is C36H37F5O7S2. The van der Waals surface area contributed by atoms with Crippen molar-refractivity contribution in [1.82, 2.24) is 0 Å². The number of ether oxygens (including phenoxy) is 2. The summed E-state index contributed by atoms with van der Waals surface area (Å²) in [5.74, 6) is -4.85. The molecule has 4 bridgehead atoms. The molecule has 4 aliphatic rings. The molecule has 0 amide bonds. The van der Waals surface area contributed by atoms with Crippen LogP contribution in [0.4, 0.5) is 22.0 Å². The molecule has 2 N–H and O–H groups in total. The largest absolute Gasteiger partial charge is 0.456 e. The third kappa shape index (κ3) is 5.59. The average Bonchev–Trinajstić information content (AvgIpc) is 3.03. The van der Waals surface area contributed by atoms with E-state index in [0.717, 1.165) is 0 Å². The lowest BCUT2D eigenvalue weighted by atomic mass is 9.50. The van der Waals surface area contributed by atoms with Crippen LogP contribution < -0.4 is 0 Å². The van der Waals surface area contributed by atoms with Gasteiger partial charge in [-0.15, -0.1) is 0 Å². The van der Waals surface area contributed by atoms with E-state index in [1.807, 2.05) is 0 Å². The van der Waals surface area contributed by atoms with E-state index in [-0.39, 0.29) is 39.0 Å². The summed E-state index contributed by atoms with van der Waals surface area (Å²) in [7, 11) is -12.6. The van der Waals surface area contributed by atoms with Crippen LogP contribution in [0.3, 0.4) is 0 Å². The van der Waals surface area contributed by atoms with Gasteiger partial charge >= 0.3 is 23.4 Å². The van der Waals surface area contributed by atoms with Gasteiger partial charge in [0.2, 0.25) is 0 Å². The average molecular weight is 741 g/mol. The van der Waals surface area contributed by atoms with E-state index in [1.165, 1.54) is 97.9 Å². The van der Waals surface area contributed by atoms with Crippen LogP contribution >= 0.6 is 9.06 Å². The minimum atomic E-state index is -8.02. The fourth-order valence-corrected chi connectivity index (χ4v) is 18.1. The minimum Gasteiger partial charge on any atom is -0.456 e. The van der Waals surface area contributed by atoms with Gasteiger partial charge in [0, 0.05) is 20.3 Å². The molecule has 0 aromatic heterocycles. The molecule has 0 aliphatic heterocycles. The highest BCUT2D eigenvalue weighted by Crippen LogP contribution is 2.83. The molecule has 4 fully saturated rings. The van der Waals surface area contributed by atoms with Gasteiger partial charge in [0.15, 0.2) is 8.66 Å².